The summed E-state index contributed by atoms with van der Waals surface area (Å²) in [6.45, 7) is 9.66. The van der Waals surface area contributed by atoms with Gasteiger partial charge in [-0.3, -0.25) is 23.8 Å². The van der Waals surface area contributed by atoms with Crippen LogP contribution in [-0.4, -0.2) is 159 Å². The second-order valence-electron chi connectivity index (χ2n) is 7.74. The fourth-order valence-corrected chi connectivity index (χ4v) is 4.45. The van der Waals surface area contributed by atoms with Crippen LogP contribution in [0.25, 0.3) is 0 Å². The lowest BCUT2D eigenvalue weighted by Gasteiger charge is -2.34. The molecule has 0 spiro atoms. The third-order valence-electron chi connectivity index (χ3n) is 5.30. The summed E-state index contributed by atoms with van der Waals surface area (Å²) in [6, 6.07) is 0. The van der Waals surface area contributed by atoms with Crippen LogP contribution in [0.2, 0.25) is 0 Å². The zero-order valence-electron chi connectivity index (χ0n) is 18.0. The van der Waals surface area contributed by atoms with Crippen LogP contribution in [0, 0.1) is 0 Å². The monoisotopic (exact) mass is 490 g/mol. The fourth-order valence-electron chi connectivity index (χ4n) is 3.47. The highest BCUT2D eigenvalue weighted by Crippen LogP contribution is 2.03. The smallest absolute Gasteiger partial charge is 0.266 e. The molecule has 186 valence electrons. The highest BCUT2D eigenvalue weighted by Gasteiger charge is 2.18. The van der Waals surface area contributed by atoms with Crippen molar-refractivity contribution in [1.29, 1.82) is 0 Å². The number of hydrogen-bond donors (Lipinski definition) is 4. The molecule has 0 atom stereocenters. The van der Waals surface area contributed by atoms with Crippen molar-refractivity contribution in [2.45, 2.75) is 6.42 Å². The molecule has 2 saturated heterocycles. The molecule has 0 aromatic carbocycles. The third-order valence-corrected chi connectivity index (χ3v) is 6.81. The molecule has 2 fully saturated rings. The van der Waals surface area contributed by atoms with Gasteiger partial charge in [0.2, 0.25) is 0 Å². The Morgan fingerprint density at radius 1 is 0.516 bits per heavy atom. The molecule has 2 aliphatic heterocycles. The van der Waals surface area contributed by atoms with Gasteiger partial charge in [0.15, 0.2) is 0 Å². The van der Waals surface area contributed by atoms with Gasteiger partial charge in [-0.1, -0.05) is 0 Å². The number of β-amino-alcohol motifs (C(OH)–C–C–N with tert-alkyl or cyclic N) is 2. The molecular formula is C17H38N4O8S2. The maximum Gasteiger partial charge on any atom is 0.266 e. The normalized spacial score (nSPS) is 20.4. The van der Waals surface area contributed by atoms with E-state index in [1.165, 1.54) is 0 Å². The van der Waals surface area contributed by atoms with Gasteiger partial charge in [-0.15, -0.1) is 0 Å². The van der Waals surface area contributed by atoms with Gasteiger partial charge in [0.05, 0.1) is 24.7 Å². The average molecular weight is 491 g/mol. The molecular weight excluding hydrogens is 452 g/mol. The van der Waals surface area contributed by atoms with E-state index in [0.717, 1.165) is 52.4 Å². The van der Waals surface area contributed by atoms with Crippen LogP contribution >= 0.6 is 0 Å². The minimum Gasteiger partial charge on any atom is -0.395 e. The molecule has 0 radical (unpaired) electrons. The summed E-state index contributed by atoms with van der Waals surface area (Å²) in [5.74, 6) is -0.364. The lowest BCUT2D eigenvalue weighted by molar-refractivity contribution is 0.113. The number of nitrogens with zero attached hydrogens (tertiary/aromatic N) is 4. The van der Waals surface area contributed by atoms with E-state index in [1.54, 1.807) is 0 Å². The molecule has 2 aliphatic rings. The number of aliphatic hydroxyl groups is 2. The Labute approximate surface area is 185 Å². The molecule has 2 rings (SSSR count). The summed E-state index contributed by atoms with van der Waals surface area (Å²) in [6.07, 6.45) is 0.471. The molecule has 31 heavy (non-hydrogen) atoms. The van der Waals surface area contributed by atoms with Crippen molar-refractivity contribution in [3.05, 3.63) is 0 Å². The van der Waals surface area contributed by atoms with Crippen molar-refractivity contribution in [3.63, 3.8) is 0 Å². The molecule has 0 saturated carbocycles. The van der Waals surface area contributed by atoms with Crippen LogP contribution in [0.15, 0.2) is 0 Å². The average Bonchev–Trinajstić information content (AvgIpc) is 2.68. The van der Waals surface area contributed by atoms with E-state index in [2.05, 4.69) is 14.7 Å². The standard InChI is InChI=1S/C9H20N2O4S.C8H18N2O4S/c12-8-7-11-5-3-10(4-6-11)2-1-9-16(13,14)15;11-7-5-9-1-3-10(4-2-9)6-8-15(12,13)14/h12H,1-9H2,(H,13,14,15);11H,1-8H2,(H,12,13,14). The minimum atomic E-state index is -3.84. The Morgan fingerprint density at radius 3 is 1.16 bits per heavy atom. The van der Waals surface area contributed by atoms with Gasteiger partial charge in [0.25, 0.3) is 20.2 Å². The van der Waals surface area contributed by atoms with Gasteiger partial charge in [-0.25, -0.2) is 0 Å². The Morgan fingerprint density at radius 2 is 0.839 bits per heavy atom. The molecule has 2 heterocycles. The van der Waals surface area contributed by atoms with Crippen LogP contribution in [-0.2, 0) is 20.2 Å². The van der Waals surface area contributed by atoms with Crippen LogP contribution < -0.4 is 0 Å². The molecule has 0 unspecified atom stereocenters. The van der Waals surface area contributed by atoms with E-state index in [9.17, 15) is 16.8 Å². The number of piperazine rings is 2. The summed E-state index contributed by atoms with van der Waals surface area (Å²) < 4.78 is 59.2. The Bertz CT molecular complexity index is 676. The second kappa shape index (κ2) is 14.7. The first-order chi connectivity index (χ1) is 14.5. The summed E-state index contributed by atoms with van der Waals surface area (Å²) >= 11 is 0. The minimum absolute atomic E-state index is 0.158. The molecule has 0 aliphatic carbocycles. The lowest BCUT2D eigenvalue weighted by atomic mass is 10.3. The first-order valence-corrected chi connectivity index (χ1v) is 13.8. The lowest BCUT2D eigenvalue weighted by Crippen LogP contribution is -2.48. The van der Waals surface area contributed by atoms with Crippen LogP contribution in [0.3, 0.4) is 0 Å². The van der Waals surface area contributed by atoms with Gasteiger partial charge in [-0.2, -0.15) is 16.8 Å². The SMILES string of the molecule is O=S(=O)(O)CCCN1CCN(CCO)CC1.O=S(=O)(O)CCN1CCN(CCO)CC1. The molecule has 4 N–H and O–H groups in total. The van der Waals surface area contributed by atoms with Gasteiger partial charge < -0.3 is 15.1 Å². The van der Waals surface area contributed by atoms with E-state index >= 15 is 0 Å². The number of rotatable bonds is 11. The molecule has 0 amide bonds. The second-order valence-corrected chi connectivity index (χ2v) is 10.9. The van der Waals surface area contributed by atoms with E-state index in [1.807, 2.05) is 4.90 Å². The topological polar surface area (TPSA) is 162 Å². The van der Waals surface area contributed by atoms with Crippen molar-refractivity contribution in [3.8, 4) is 0 Å². The number of hydrogen-bond acceptors (Lipinski definition) is 10. The maximum atomic E-state index is 10.5. The van der Waals surface area contributed by atoms with E-state index < -0.39 is 20.2 Å². The highest BCUT2D eigenvalue weighted by atomic mass is 32.2. The quantitative estimate of drug-likeness (QED) is 0.223. The predicted octanol–water partition coefficient (Wildman–Crippen LogP) is -2.64. The molecule has 14 heteroatoms. The van der Waals surface area contributed by atoms with E-state index in [-0.39, 0.29) is 24.7 Å². The molecule has 0 aromatic heterocycles. The fraction of sp³-hybridized carbons (Fsp3) is 1.00. The Kier molecular flexibility index (Phi) is 13.5. The molecule has 12 nitrogen and oxygen atoms in total. The Balaban J connectivity index is 0.000000311. The van der Waals surface area contributed by atoms with Gasteiger partial charge in [0.1, 0.15) is 0 Å². The third kappa shape index (κ3) is 15.1. The summed E-state index contributed by atoms with van der Waals surface area (Å²) in [4.78, 5) is 8.49. The van der Waals surface area contributed by atoms with Crippen molar-refractivity contribution in [1.82, 2.24) is 19.6 Å². The van der Waals surface area contributed by atoms with Crippen molar-refractivity contribution in [2.75, 3.05) is 103 Å². The van der Waals surface area contributed by atoms with E-state index in [4.69, 9.17) is 19.3 Å². The van der Waals surface area contributed by atoms with Crippen LogP contribution in [0.1, 0.15) is 6.42 Å². The maximum absolute atomic E-state index is 10.5. The van der Waals surface area contributed by atoms with E-state index in [0.29, 0.717) is 32.6 Å². The predicted molar refractivity (Wildman–Crippen MR) is 117 cm³/mol. The Hall–Kier alpha value is -0.420. The molecule has 0 aromatic rings. The van der Waals surface area contributed by atoms with Crippen LogP contribution in [0.5, 0.6) is 0 Å². The number of aliphatic hydroxyl groups excluding tert-OH is 2. The first kappa shape index (κ1) is 28.6. The zero-order valence-corrected chi connectivity index (χ0v) is 19.7. The largest absolute Gasteiger partial charge is 0.395 e. The summed E-state index contributed by atoms with van der Waals surface area (Å²) in [7, 11) is -7.66. The van der Waals surface area contributed by atoms with Crippen molar-refractivity contribution >= 4 is 20.2 Å². The van der Waals surface area contributed by atoms with Gasteiger partial charge in [-0.05, 0) is 13.0 Å². The van der Waals surface area contributed by atoms with Crippen molar-refractivity contribution < 1.29 is 36.2 Å². The highest BCUT2D eigenvalue weighted by molar-refractivity contribution is 7.86. The molecule has 0 bridgehead atoms. The summed E-state index contributed by atoms with van der Waals surface area (Å²) in [5.41, 5.74) is 0. The summed E-state index contributed by atoms with van der Waals surface area (Å²) in [5, 5.41) is 17.5. The zero-order chi connectivity index (χ0) is 23.3. The van der Waals surface area contributed by atoms with Gasteiger partial charge in [0, 0.05) is 72.0 Å². The van der Waals surface area contributed by atoms with Crippen LogP contribution in [0.4, 0.5) is 0 Å². The van der Waals surface area contributed by atoms with Crippen molar-refractivity contribution in [2.24, 2.45) is 0 Å². The van der Waals surface area contributed by atoms with Gasteiger partial charge >= 0.3 is 0 Å². The first-order valence-electron chi connectivity index (χ1n) is 10.5.